The number of carbonyl (C=O) groups is 1. The molecule has 1 aromatic rings. The summed E-state index contributed by atoms with van der Waals surface area (Å²) < 4.78 is 1.10. The van der Waals surface area contributed by atoms with E-state index < -0.39 is 0 Å². The molecular formula is C10H10BrNO. The first-order chi connectivity index (χ1) is 6.29. The highest BCUT2D eigenvalue weighted by atomic mass is 79.9. The molecule has 0 radical (unpaired) electrons. The first-order valence-corrected chi connectivity index (χ1v) is 5.09. The molecule has 2 rings (SSSR count). The molecule has 13 heavy (non-hydrogen) atoms. The van der Waals surface area contributed by atoms with Crippen LogP contribution in [0.25, 0.3) is 0 Å². The van der Waals surface area contributed by atoms with Crippen molar-refractivity contribution in [1.29, 1.82) is 0 Å². The van der Waals surface area contributed by atoms with Gasteiger partial charge in [0.25, 0.3) is 0 Å². The minimum Gasteiger partial charge on any atom is -0.375 e. The fourth-order valence-electron chi connectivity index (χ4n) is 1.59. The van der Waals surface area contributed by atoms with Crippen LogP contribution in [0.15, 0.2) is 22.7 Å². The average molecular weight is 240 g/mol. The Labute approximate surface area is 85.5 Å². The second kappa shape index (κ2) is 3.50. The monoisotopic (exact) mass is 239 g/mol. The molecule has 0 aliphatic carbocycles. The second-order valence-corrected chi connectivity index (χ2v) is 4.14. The molecule has 3 heteroatoms. The molecule has 0 saturated heterocycles. The van der Waals surface area contributed by atoms with Gasteiger partial charge in [0, 0.05) is 10.2 Å². The summed E-state index contributed by atoms with van der Waals surface area (Å²) in [5.74, 6) is 0. The van der Waals surface area contributed by atoms with Gasteiger partial charge in [0.15, 0.2) is 0 Å². The van der Waals surface area contributed by atoms with Crippen molar-refractivity contribution >= 4 is 27.9 Å². The maximum atomic E-state index is 10.6. The lowest BCUT2D eigenvalue weighted by molar-refractivity contribution is -0.108. The number of fused-ring (bicyclic) bond motifs is 1. The van der Waals surface area contributed by atoms with E-state index in [1.165, 1.54) is 5.56 Å². The van der Waals surface area contributed by atoms with Crippen molar-refractivity contribution in [1.82, 2.24) is 0 Å². The lowest BCUT2D eigenvalue weighted by Crippen LogP contribution is -2.26. The third kappa shape index (κ3) is 1.75. The standard InChI is InChI=1S/C10H10BrNO/c11-8-2-4-10-7(5-8)1-3-9(6-13)12-10/h2,4-6,9,12H,1,3H2. The molecule has 0 fully saturated rings. The SMILES string of the molecule is O=CC1CCc2cc(Br)ccc2N1. The van der Waals surface area contributed by atoms with Crippen molar-refractivity contribution in [3.63, 3.8) is 0 Å². The normalized spacial score (nSPS) is 20.2. The summed E-state index contributed by atoms with van der Waals surface area (Å²) in [7, 11) is 0. The number of aldehydes is 1. The van der Waals surface area contributed by atoms with E-state index in [9.17, 15) is 4.79 Å². The number of nitrogens with one attached hydrogen (secondary N) is 1. The summed E-state index contributed by atoms with van der Waals surface area (Å²) in [4.78, 5) is 10.6. The van der Waals surface area contributed by atoms with Gasteiger partial charge < -0.3 is 10.1 Å². The minimum atomic E-state index is -0.00586. The van der Waals surface area contributed by atoms with Crippen LogP contribution in [0.4, 0.5) is 5.69 Å². The summed E-state index contributed by atoms with van der Waals surface area (Å²) in [6.07, 6.45) is 2.85. The highest BCUT2D eigenvalue weighted by Crippen LogP contribution is 2.26. The van der Waals surface area contributed by atoms with Gasteiger partial charge in [0.05, 0.1) is 6.04 Å². The van der Waals surface area contributed by atoms with Gasteiger partial charge >= 0.3 is 0 Å². The van der Waals surface area contributed by atoms with E-state index in [0.29, 0.717) is 0 Å². The summed E-state index contributed by atoms with van der Waals surface area (Å²) >= 11 is 3.43. The van der Waals surface area contributed by atoms with Crippen molar-refractivity contribution in [2.45, 2.75) is 18.9 Å². The zero-order valence-electron chi connectivity index (χ0n) is 7.09. The third-order valence-corrected chi connectivity index (χ3v) is 2.79. The number of hydrogen-bond acceptors (Lipinski definition) is 2. The van der Waals surface area contributed by atoms with Crippen LogP contribution in [-0.4, -0.2) is 12.3 Å². The van der Waals surface area contributed by atoms with Crippen LogP contribution in [0.3, 0.4) is 0 Å². The summed E-state index contributed by atoms with van der Waals surface area (Å²) in [6, 6.07) is 6.09. The van der Waals surface area contributed by atoms with Crippen LogP contribution in [0.2, 0.25) is 0 Å². The van der Waals surface area contributed by atoms with Crippen molar-refractivity contribution in [2.24, 2.45) is 0 Å². The highest BCUT2D eigenvalue weighted by Gasteiger charge is 2.16. The van der Waals surface area contributed by atoms with Gasteiger partial charge in [-0.1, -0.05) is 15.9 Å². The lowest BCUT2D eigenvalue weighted by Gasteiger charge is -2.23. The van der Waals surface area contributed by atoms with Crippen molar-refractivity contribution < 1.29 is 4.79 Å². The van der Waals surface area contributed by atoms with E-state index >= 15 is 0 Å². The first-order valence-electron chi connectivity index (χ1n) is 4.30. The molecule has 1 aliphatic heterocycles. The van der Waals surface area contributed by atoms with Gasteiger partial charge in [0.1, 0.15) is 6.29 Å². The molecule has 0 amide bonds. The summed E-state index contributed by atoms with van der Waals surface area (Å²) in [5, 5.41) is 3.18. The molecule has 0 saturated carbocycles. The number of anilines is 1. The molecule has 1 aromatic carbocycles. The van der Waals surface area contributed by atoms with Crippen LogP contribution < -0.4 is 5.32 Å². The van der Waals surface area contributed by atoms with Crippen LogP contribution in [0.5, 0.6) is 0 Å². The fourth-order valence-corrected chi connectivity index (χ4v) is 2.00. The van der Waals surface area contributed by atoms with Gasteiger partial charge in [-0.05, 0) is 36.6 Å². The Kier molecular flexibility index (Phi) is 2.36. The predicted octanol–water partition coefficient (Wildman–Crippen LogP) is 2.37. The Morgan fingerprint density at radius 2 is 2.38 bits per heavy atom. The smallest absolute Gasteiger partial charge is 0.142 e. The average Bonchev–Trinajstić information content (AvgIpc) is 2.17. The maximum Gasteiger partial charge on any atom is 0.142 e. The fraction of sp³-hybridized carbons (Fsp3) is 0.300. The largest absolute Gasteiger partial charge is 0.375 e. The number of carbonyl (C=O) groups excluding carboxylic acids is 1. The second-order valence-electron chi connectivity index (χ2n) is 3.23. The molecule has 1 N–H and O–H groups in total. The topological polar surface area (TPSA) is 29.1 Å². The molecule has 68 valence electrons. The molecule has 1 heterocycles. The Bertz CT molecular complexity index is 338. The van der Waals surface area contributed by atoms with Crippen LogP contribution >= 0.6 is 15.9 Å². The van der Waals surface area contributed by atoms with Gasteiger partial charge in [-0.2, -0.15) is 0 Å². The van der Waals surface area contributed by atoms with Crippen molar-refractivity contribution in [3.05, 3.63) is 28.2 Å². The number of benzene rings is 1. The number of rotatable bonds is 1. The molecule has 0 bridgehead atoms. The van der Waals surface area contributed by atoms with Crippen molar-refractivity contribution in [2.75, 3.05) is 5.32 Å². The minimum absolute atomic E-state index is 0.00586. The zero-order valence-corrected chi connectivity index (χ0v) is 8.67. The molecule has 1 unspecified atom stereocenters. The number of aryl methyl sites for hydroxylation is 1. The lowest BCUT2D eigenvalue weighted by atomic mass is 9.99. The number of hydrogen-bond donors (Lipinski definition) is 1. The molecule has 1 atom stereocenters. The third-order valence-electron chi connectivity index (χ3n) is 2.30. The van der Waals surface area contributed by atoms with Crippen LogP contribution in [-0.2, 0) is 11.2 Å². The van der Waals surface area contributed by atoms with E-state index in [0.717, 1.165) is 29.3 Å². The molecule has 0 spiro atoms. The van der Waals surface area contributed by atoms with Gasteiger partial charge in [-0.25, -0.2) is 0 Å². The molecule has 0 aromatic heterocycles. The quantitative estimate of drug-likeness (QED) is 0.763. The summed E-state index contributed by atoms with van der Waals surface area (Å²) in [5.41, 5.74) is 2.37. The Balaban J connectivity index is 2.31. The number of halogens is 1. The van der Waals surface area contributed by atoms with Gasteiger partial charge in [-0.3, -0.25) is 0 Å². The van der Waals surface area contributed by atoms with Gasteiger partial charge in [0.2, 0.25) is 0 Å². The molecular weight excluding hydrogens is 230 g/mol. The van der Waals surface area contributed by atoms with E-state index in [2.05, 4.69) is 27.3 Å². The Morgan fingerprint density at radius 3 is 3.15 bits per heavy atom. The predicted molar refractivity (Wildman–Crippen MR) is 55.9 cm³/mol. The van der Waals surface area contributed by atoms with E-state index in [4.69, 9.17) is 0 Å². The Morgan fingerprint density at radius 1 is 1.54 bits per heavy atom. The van der Waals surface area contributed by atoms with Gasteiger partial charge in [-0.15, -0.1) is 0 Å². The molecule has 1 aliphatic rings. The van der Waals surface area contributed by atoms with Crippen molar-refractivity contribution in [3.8, 4) is 0 Å². The zero-order chi connectivity index (χ0) is 9.26. The Hall–Kier alpha value is -0.830. The van der Waals surface area contributed by atoms with Crippen LogP contribution in [0.1, 0.15) is 12.0 Å². The van der Waals surface area contributed by atoms with E-state index in [1.807, 2.05) is 12.1 Å². The van der Waals surface area contributed by atoms with E-state index in [1.54, 1.807) is 0 Å². The molecule has 2 nitrogen and oxygen atoms in total. The van der Waals surface area contributed by atoms with Crippen LogP contribution in [0, 0.1) is 0 Å². The summed E-state index contributed by atoms with van der Waals surface area (Å²) in [6.45, 7) is 0. The first kappa shape index (κ1) is 8.75. The maximum absolute atomic E-state index is 10.6. The van der Waals surface area contributed by atoms with E-state index in [-0.39, 0.29) is 6.04 Å². The highest BCUT2D eigenvalue weighted by molar-refractivity contribution is 9.10.